The number of aryl methyl sites for hydroxylation is 1. The molecule has 1 heterocycles. The van der Waals surface area contributed by atoms with Gasteiger partial charge in [-0.1, -0.05) is 24.3 Å². The third-order valence-corrected chi connectivity index (χ3v) is 2.24. The maximum absolute atomic E-state index is 5.25. The maximum Gasteiger partial charge on any atom is 0.144 e. The van der Waals surface area contributed by atoms with Crippen molar-refractivity contribution in [2.24, 2.45) is 0 Å². The first-order valence-corrected chi connectivity index (χ1v) is 4.89. The zero-order valence-electron chi connectivity index (χ0n) is 8.84. The molecule has 0 fully saturated rings. The fraction of sp³-hybridized carbons (Fsp3) is 0.273. The first-order chi connectivity index (χ1) is 7.35. The van der Waals surface area contributed by atoms with Crippen molar-refractivity contribution < 1.29 is 4.74 Å². The van der Waals surface area contributed by atoms with Crippen LogP contribution < -0.4 is 4.74 Å². The molecule has 2 aromatic rings. The Morgan fingerprint density at radius 1 is 1.33 bits per heavy atom. The second-order valence-electron chi connectivity index (χ2n) is 3.18. The Bertz CT molecular complexity index is 451. The van der Waals surface area contributed by atoms with Crippen LogP contribution in [0.2, 0.25) is 0 Å². The molecule has 0 amide bonds. The first-order valence-electron chi connectivity index (χ1n) is 4.89. The molecule has 1 aromatic carbocycles. The molecule has 0 N–H and O–H groups in total. The Morgan fingerprint density at radius 3 is 2.80 bits per heavy atom. The number of para-hydroxylation sites is 2. The van der Waals surface area contributed by atoms with Crippen LogP contribution in [0.15, 0.2) is 30.5 Å². The summed E-state index contributed by atoms with van der Waals surface area (Å²) >= 11 is 0. The van der Waals surface area contributed by atoms with Gasteiger partial charge < -0.3 is 4.74 Å². The number of methoxy groups -OCH3 is 1. The van der Waals surface area contributed by atoms with Crippen molar-refractivity contribution in [3.05, 3.63) is 36.2 Å². The van der Waals surface area contributed by atoms with Crippen LogP contribution in [0, 0.1) is 0 Å². The van der Waals surface area contributed by atoms with Gasteiger partial charge in [0.25, 0.3) is 0 Å². The number of aromatic nitrogens is 3. The third kappa shape index (κ3) is 1.83. The Kier molecular flexibility index (Phi) is 2.67. The summed E-state index contributed by atoms with van der Waals surface area (Å²) in [6.45, 7) is 2.05. The standard InChI is InChI=1S/C11H13N3O/c1-3-9-8-14(13-12-9)10-6-4-5-7-11(10)15-2/h4-8H,3H2,1-2H3. The van der Waals surface area contributed by atoms with E-state index < -0.39 is 0 Å². The van der Waals surface area contributed by atoms with Gasteiger partial charge in [-0.25, -0.2) is 4.68 Å². The highest BCUT2D eigenvalue weighted by molar-refractivity contribution is 5.45. The Morgan fingerprint density at radius 2 is 2.13 bits per heavy atom. The molecule has 0 saturated carbocycles. The Labute approximate surface area is 88.5 Å². The van der Waals surface area contributed by atoms with Crippen LogP contribution in [-0.2, 0) is 6.42 Å². The molecule has 0 aliphatic heterocycles. The van der Waals surface area contributed by atoms with E-state index in [0.29, 0.717) is 0 Å². The van der Waals surface area contributed by atoms with Gasteiger partial charge in [0, 0.05) is 0 Å². The van der Waals surface area contributed by atoms with Gasteiger partial charge in [-0.2, -0.15) is 0 Å². The average Bonchev–Trinajstić information content (AvgIpc) is 2.77. The Hall–Kier alpha value is -1.84. The van der Waals surface area contributed by atoms with Crippen molar-refractivity contribution in [2.45, 2.75) is 13.3 Å². The van der Waals surface area contributed by atoms with Gasteiger partial charge in [0.2, 0.25) is 0 Å². The highest BCUT2D eigenvalue weighted by Gasteiger charge is 2.05. The minimum Gasteiger partial charge on any atom is -0.494 e. The van der Waals surface area contributed by atoms with Crippen molar-refractivity contribution in [1.82, 2.24) is 15.0 Å². The lowest BCUT2D eigenvalue weighted by molar-refractivity contribution is 0.411. The highest BCUT2D eigenvalue weighted by Crippen LogP contribution is 2.20. The van der Waals surface area contributed by atoms with Crippen LogP contribution in [-0.4, -0.2) is 22.1 Å². The molecule has 1 aromatic heterocycles. The summed E-state index contributed by atoms with van der Waals surface area (Å²) in [5.74, 6) is 0.796. The molecule has 4 nitrogen and oxygen atoms in total. The molecule has 0 bridgehead atoms. The second kappa shape index (κ2) is 4.13. The molecule has 0 aliphatic rings. The number of ether oxygens (including phenoxy) is 1. The minimum atomic E-state index is 0.796. The fourth-order valence-corrected chi connectivity index (χ4v) is 1.40. The molecule has 2 rings (SSSR count). The molecule has 0 atom stereocenters. The number of benzene rings is 1. The van der Waals surface area contributed by atoms with Gasteiger partial charge >= 0.3 is 0 Å². The number of nitrogens with zero attached hydrogens (tertiary/aromatic N) is 3. The zero-order chi connectivity index (χ0) is 10.7. The van der Waals surface area contributed by atoms with E-state index in [0.717, 1.165) is 23.6 Å². The molecule has 15 heavy (non-hydrogen) atoms. The van der Waals surface area contributed by atoms with Gasteiger partial charge in [-0.15, -0.1) is 5.10 Å². The highest BCUT2D eigenvalue weighted by atomic mass is 16.5. The van der Waals surface area contributed by atoms with E-state index in [9.17, 15) is 0 Å². The normalized spacial score (nSPS) is 10.3. The lowest BCUT2D eigenvalue weighted by atomic mass is 10.3. The lowest BCUT2D eigenvalue weighted by Gasteiger charge is -2.06. The smallest absolute Gasteiger partial charge is 0.144 e. The van der Waals surface area contributed by atoms with Crippen molar-refractivity contribution >= 4 is 0 Å². The molecule has 0 aliphatic carbocycles. The van der Waals surface area contributed by atoms with E-state index in [1.54, 1.807) is 11.8 Å². The predicted molar refractivity (Wildman–Crippen MR) is 57.3 cm³/mol. The number of hydrogen-bond acceptors (Lipinski definition) is 3. The van der Waals surface area contributed by atoms with Gasteiger partial charge in [0.1, 0.15) is 11.4 Å². The molecule has 78 valence electrons. The van der Waals surface area contributed by atoms with Gasteiger partial charge in [-0.05, 0) is 18.6 Å². The van der Waals surface area contributed by atoms with Gasteiger partial charge in [0.15, 0.2) is 0 Å². The van der Waals surface area contributed by atoms with Crippen LogP contribution in [0.5, 0.6) is 5.75 Å². The minimum absolute atomic E-state index is 0.796. The van der Waals surface area contributed by atoms with Gasteiger partial charge in [-0.3, -0.25) is 0 Å². The molecule has 0 radical (unpaired) electrons. The molecule has 0 spiro atoms. The van der Waals surface area contributed by atoms with Crippen LogP contribution in [0.25, 0.3) is 5.69 Å². The molecule has 0 saturated heterocycles. The lowest BCUT2D eigenvalue weighted by Crippen LogP contribution is -1.98. The van der Waals surface area contributed by atoms with E-state index in [4.69, 9.17) is 4.74 Å². The predicted octanol–water partition coefficient (Wildman–Crippen LogP) is 1.84. The third-order valence-electron chi connectivity index (χ3n) is 2.24. The number of hydrogen-bond donors (Lipinski definition) is 0. The summed E-state index contributed by atoms with van der Waals surface area (Å²) in [5, 5.41) is 8.10. The van der Waals surface area contributed by atoms with Crippen molar-refractivity contribution in [2.75, 3.05) is 7.11 Å². The zero-order valence-corrected chi connectivity index (χ0v) is 8.84. The summed E-state index contributed by atoms with van der Waals surface area (Å²) in [5.41, 5.74) is 1.88. The van der Waals surface area contributed by atoms with E-state index in [-0.39, 0.29) is 0 Å². The molecular formula is C11H13N3O. The van der Waals surface area contributed by atoms with Crippen molar-refractivity contribution in [1.29, 1.82) is 0 Å². The molecule has 4 heteroatoms. The summed E-state index contributed by atoms with van der Waals surface area (Å²) < 4.78 is 6.99. The van der Waals surface area contributed by atoms with Crippen LogP contribution in [0.1, 0.15) is 12.6 Å². The fourth-order valence-electron chi connectivity index (χ4n) is 1.40. The Balaban J connectivity index is 2.44. The summed E-state index contributed by atoms with van der Waals surface area (Å²) in [6, 6.07) is 7.74. The van der Waals surface area contributed by atoms with E-state index in [2.05, 4.69) is 17.2 Å². The summed E-state index contributed by atoms with van der Waals surface area (Å²) in [6.07, 6.45) is 2.80. The molecule has 0 unspecified atom stereocenters. The van der Waals surface area contributed by atoms with Crippen molar-refractivity contribution in [3.63, 3.8) is 0 Å². The maximum atomic E-state index is 5.25. The average molecular weight is 203 g/mol. The quantitative estimate of drug-likeness (QED) is 0.764. The summed E-state index contributed by atoms with van der Waals surface area (Å²) in [4.78, 5) is 0. The number of rotatable bonds is 3. The van der Waals surface area contributed by atoms with Crippen LogP contribution >= 0.6 is 0 Å². The first kappa shape index (κ1) is 9.71. The summed E-state index contributed by atoms with van der Waals surface area (Å²) in [7, 11) is 1.65. The van der Waals surface area contributed by atoms with E-state index in [1.807, 2.05) is 30.5 Å². The SMILES string of the molecule is CCc1cn(-c2ccccc2OC)nn1. The second-order valence-corrected chi connectivity index (χ2v) is 3.18. The van der Waals surface area contributed by atoms with Gasteiger partial charge in [0.05, 0.1) is 19.0 Å². The van der Waals surface area contributed by atoms with Crippen LogP contribution in [0.4, 0.5) is 0 Å². The van der Waals surface area contributed by atoms with Crippen LogP contribution in [0.3, 0.4) is 0 Å². The van der Waals surface area contributed by atoms with Crippen molar-refractivity contribution in [3.8, 4) is 11.4 Å². The van der Waals surface area contributed by atoms with E-state index >= 15 is 0 Å². The van der Waals surface area contributed by atoms with E-state index in [1.165, 1.54) is 0 Å². The monoisotopic (exact) mass is 203 g/mol. The molecular weight excluding hydrogens is 190 g/mol. The topological polar surface area (TPSA) is 39.9 Å². The largest absolute Gasteiger partial charge is 0.494 e.